The van der Waals surface area contributed by atoms with E-state index in [1.807, 2.05) is 36.7 Å². The van der Waals surface area contributed by atoms with Crippen LogP contribution in [0.3, 0.4) is 0 Å². The first-order valence-corrected chi connectivity index (χ1v) is 10.3. The van der Waals surface area contributed by atoms with Crippen LogP contribution in [0.2, 0.25) is 0 Å². The number of carbonyl (C=O) groups excluding carboxylic acids is 1. The van der Waals surface area contributed by atoms with Crippen LogP contribution >= 0.6 is 11.3 Å². The fourth-order valence-corrected chi connectivity index (χ4v) is 4.00. The molecular formula is C20H27N3O4S. The minimum Gasteiger partial charge on any atom is -0.491 e. The van der Waals surface area contributed by atoms with Gasteiger partial charge in [-0.25, -0.2) is 4.98 Å². The van der Waals surface area contributed by atoms with Crippen LogP contribution in [0.4, 0.5) is 0 Å². The number of likely N-dealkylation sites (tertiary alicyclic amines) is 1. The van der Waals surface area contributed by atoms with Crippen LogP contribution in [0.5, 0.6) is 5.75 Å². The molecule has 0 aliphatic carbocycles. The third-order valence-electron chi connectivity index (χ3n) is 4.95. The highest BCUT2D eigenvalue weighted by Gasteiger charge is 2.28. The van der Waals surface area contributed by atoms with Gasteiger partial charge >= 0.3 is 0 Å². The summed E-state index contributed by atoms with van der Waals surface area (Å²) < 4.78 is 5.43. The molecule has 152 valence electrons. The zero-order valence-electron chi connectivity index (χ0n) is 16.0. The molecule has 2 heterocycles. The number of carbonyl (C=O) groups is 1. The summed E-state index contributed by atoms with van der Waals surface area (Å²) in [5.41, 5.74) is 1.01. The Morgan fingerprint density at radius 2 is 2.21 bits per heavy atom. The maximum absolute atomic E-state index is 12.8. The largest absolute Gasteiger partial charge is 0.491 e. The molecule has 1 amide bonds. The van der Waals surface area contributed by atoms with Gasteiger partial charge in [0.1, 0.15) is 17.4 Å². The van der Waals surface area contributed by atoms with E-state index < -0.39 is 0 Å². The van der Waals surface area contributed by atoms with Gasteiger partial charge in [-0.1, -0.05) is 12.1 Å². The number of rotatable bonds is 9. The van der Waals surface area contributed by atoms with E-state index in [9.17, 15) is 9.90 Å². The fourth-order valence-electron chi connectivity index (χ4n) is 3.39. The first-order chi connectivity index (χ1) is 13.6. The number of nitrogens with zero attached hydrogens (tertiary/aromatic N) is 3. The number of hydrogen-bond donors (Lipinski definition) is 2. The lowest BCUT2D eigenvalue weighted by atomic mass is 10.0. The molecule has 1 fully saturated rings. The van der Waals surface area contributed by atoms with E-state index >= 15 is 0 Å². The highest BCUT2D eigenvalue weighted by Crippen LogP contribution is 2.26. The topological polar surface area (TPSA) is 86.1 Å². The maximum Gasteiger partial charge on any atom is 0.229 e. The van der Waals surface area contributed by atoms with Crippen molar-refractivity contribution in [2.75, 3.05) is 39.9 Å². The summed E-state index contributed by atoms with van der Waals surface area (Å²) in [6.07, 6.45) is 2.45. The molecule has 0 saturated carbocycles. The van der Waals surface area contributed by atoms with Crippen LogP contribution in [-0.4, -0.2) is 76.9 Å². The number of ether oxygens (including phenoxy) is 1. The number of likely N-dealkylation sites (N-methyl/N-ethyl adjacent to an activating group) is 1. The van der Waals surface area contributed by atoms with Gasteiger partial charge in [-0.2, -0.15) is 0 Å². The standard InChI is InChI=1S/C20H27N3O4S/c1-22(20(26)12-19-21-7-11-28-19)18(14-23-8-6-16(25)13-23)15-2-4-17(5-3-15)27-10-9-24/h2-5,7,11,16,18,24-25H,6,8-10,12-14H2,1H3/t16-,18+/m0/s1. The van der Waals surface area contributed by atoms with E-state index in [4.69, 9.17) is 9.84 Å². The van der Waals surface area contributed by atoms with E-state index in [1.54, 1.807) is 11.1 Å². The van der Waals surface area contributed by atoms with Gasteiger partial charge in [0.25, 0.3) is 0 Å². The van der Waals surface area contributed by atoms with Crippen LogP contribution < -0.4 is 4.74 Å². The van der Waals surface area contributed by atoms with Gasteiger partial charge < -0.3 is 19.8 Å². The number of hydrogen-bond acceptors (Lipinski definition) is 7. The number of β-amino-alcohol motifs (C(OH)–C–C–N with tert-alkyl or cyclic N) is 1. The van der Waals surface area contributed by atoms with Crippen LogP contribution in [0.1, 0.15) is 23.0 Å². The molecule has 0 spiro atoms. The van der Waals surface area contributed by atoms with Gasteiger partial charge in [-0.05, 0) is 24.1 Å². The predicted octanol–water partition coefficient (Wildman–Crippen LogP) is 1.32. The van der Waals surface area contributed by atoms with Gasteiger partial charge in [-0.15, -0.1) is 11.3 Å². The molecule has 1 aromatic heterocycles. The number of amides is 1. The summed E-state index contributed by atoms with van der Waals surface area (Å²) in [6.45, 7) is 2.33. The maximum atomic E-state index is 12.8. The summed E-state index contributed by atoms with van der Waals surface area (Å²) in [6, 6.07) is 7.49. The average molecular weight is 406 g/mol. The third kappa shape index (κ3) is 5.51. The van der Waals surface area contributed by atoms with Crippen molar-refractivity contribution in [3.8, 4) is 5.75 Å². The molecule has 2 atom stereocenters. The molecule has 0 bridgehead atoms. The van der Waals surface area contributed by atoms with E-state index in [2.05, 4.69) is 9.88 Å². The Morgan fingerprint density at radius 1 is 1.43 bits per heavy atom. The monoisotopic (exact) mass is 405 g/mol. The molecular weight excluding hydrogens is 378 g/mol. The number of aliphatic hydroxyl groups excluding tert-OH is 2. The molecule has 0 unspecified atom stereocenters. The highest BCUT2D eigenvalue weighted by atomic mass is 32.1. The molecule has 28 heavy (non-hydrogen) atoms. The Hall–Kier alpha value is -2.00. The van der Waals surface area contributed by atoms with Crippen molar-refractivity contribution >= 4 is 17.2 Å². The number of benzene rings is 1. The van der Waals surface area contributed by atoms with Crippen LogP contribution in [0.15, 0.2) is 35.8 Å². The van der Waals surface area contributed by atoms with E-state index in [0.29, 0.717) is 18.8 Å². The summed E-state index contributed by atoms with van der Waals surface area (Å²) in [7, 11) is 1.82. The van der Waals surface area contributed by atoms with Gasteiger partial charge in [0.2, 0.25) is 5.91 Å². The Kier molecular flexibility index (Phi) is 7.38. The number of aliphatic hydroxyl groups is 2. The summed E-state index contributed by atoms with van der Waals surface area (Å²) in [5, 5.41) is 21.4. The Balaban J connectivity index is 1.74. The van der Waals surface area contributed by atoms with Crippen molar-refractivity contribution in [1.29, 1.82) is 0 Å². The van der Waals surface area contributed by atoms with E-state index in [1.165, 1.54) is 11.3 Å². The minimum atomic E-state index is -0.300. The summed E-state index contributed by atoms with van der Waals surface area (Å²) >= 11 is 1.48. The van der Waals surface area contributed by atoms with Crippen molar-refractivity contribution < 1.29 is 19.7 Å². The van der Waals surface area contributed by atoms with Crippen molar-refractivity contribution in [3.63, 3.8) is 0 Å². The minimum absolute atomic E-state index is 0.0142. The summed E-state index contributed by atoms with van der Waals surface area (Å²) in [5.74, 6) is 0.699. The molecule has 0 radical (unpaired) electrons. The number of thiazole rings is 1. The second kappa shape index (κ2) is 9.97. The van der Waals surface area contributed by atoms with Crippen LogP contribution in [0, 0.1) is 0 Å². The zero-order chi connectivity index (χ0) is 19.9. The van der Waals surface area contributed by atoms with Crippen molar-refractivity contribution in [2.45, 2.75) is 25.0 Å². The van der Waals surface area contributed by atoms with Crippen molar-refractivity contribution in [1.82, 2.24) is 14.8 Å². The first kappa shape index (κ1) is 20.7. The molecule has 3 rings (SSSR count). The lowest BCUT2D eigenvalue weighted by Gasteiger charge is -2.32. The van der Waals surface area contributed by atoms with Gasteiger partial charge in [0.05, 0.1) is 25.2 Å². The third-order valence-corrected chi connectivity index (χ3v) is 5.73. The lowest BCUT2D eigenvalue weighted by molar-refractivity contribution is -0.131. The first-order valence-electron chi connectivity index (χ1n) is 9.45. The molecule has 1 aliphatic heterocycles. The Labute approximate surface area is 169 Å². The highest BCUT2D eigenvalue weighted by molar-refractivity contribution is 7.09. The molecule has 1 saturated heterocycles. The second-order valence-corrected chi connectivity index (χ2v) is 7.95. The van der Waals surface area contributed by atoms with Gasteiger partial charge in [-0.3, -0.25) is 9.69 Å². The van der Waals surface area contributed by atoms with Crippen LogP contribution in [0.25, 0.3) is 0 Å². The Bertz CT molecular complexity index is 738. The number of aromatic nitrogens is 1. The van der Waals surface area contributed by atoms with E-state index in [0.717, 1.165) is 23.5 Å². The lowest BCUT2D eigenvalue weighted by Crippen LogP contribution is -2.39. The second-order valence-electron chi connectivity index (χ2n) is 6.97. The normalized spacial score (nSPS) is 18.2. The zero-order valence-corrected chi connectivity index (χ0v) is 16.8. The average Bonchev–Trinajstić information content (AvgIpc) is 3.36. The van der Waals surface area contributed by atoms with E-state index in [-0.39, 0.29) is 37.7 Å². The quantitative estimate of drug-likeness (QED) is 0.655. The van der Waals surface area contributed by atoms with Crippen molar-refractivity contribution in [3.05, 3.63) is 46.4 Å². The molecule has 8 heteroatoms. The van der Waals surface area contributed by atoms with Crippen LogP contribution in [-0.2, 0) is 11.2 Å². The summed E-state index contributed by atoms with van der Waals surface area (Å²) in [4.78, 5) is 21.0. The van der Waals surface area contributed by atoms with Gasteiger partial charge in [0, 0.05) is 38.3 Å². The molecule has 7 nitrogen and oxygen atoms in total. The molecule has 2 N–H and O–H groups in total. The predicted molar refractivity (Wildman–Crippen MR) is 107 cm³/mol. The SMILES string of the molecule is CN(C(=O)Cc1nccs1)[C@H](CN1CC[C@H](O)C1)c1ccc(OCCO)cc1. The smallest absolute Gasteiger partial charge is 0.229 e. The molecule has 1 aromatic carbocycles. The fraction of sp³-hybridized carbons (Fsp3) is 0.500. The Morgan fingerprint density at radius 3 is 2.82 bits per heavy atom. The van der Waals surface area contributed by atoms with Crippen molar-refractivity contribution in [2.24, 2.45) is 0 Å². The molecule has 1 aliphatic rings. The molecule has 2 aromatic rings. The van der Waals surface area contributed by atoms with Gasteiger partial charge in [0.15, 0.2) is 0 Å².